The molecular weight excluding hydrogens is 275 g/mol. The zero-order valence-electron chi connectivity index (χ0n) is 10.3. The summed E-state index contributed by atoms with van der Waals surface area (Å²) in [5.74, 6) is -7.42. The number of benzene rings is 1. The van der Waals surface area contributed by atoms with Crippen molar-refractivity contribution in [3.8, 4) is 0 Å². The van der Waals surface area contributed by atoms with Gasteiger partial charge in [0.25, 0.3) is 5.91 Å². The van der Waals surface area contributed by atoms with Gasteiger partial charge in [0.05, 0.1) is 11.5 Å². The van der Waals surface area contributed by atoms with Crippen LogP contribution < -0.4 is 5.32 Å². The van der Waals surface area contributed by atoms with Crippen LogP contribution in [-0.4, -0.2) is 23.0 Å². The Morgan fingerprint density at radius 2 is 1.85 bits per heavy atom. The molecule has 0 aliphatic heterocycles. The number of amides is 1. The summed E-state index contributed by atoms with van der Waals surface area (Å²) in [6.45, 7) is 0. The lowest BCUT2D eigenvalue weighted by Gasteiger charge is -2.17. The van der Waals surface area contributed by atoms with Gasteiger partial charge < -0.3 is 10.4 Å². The van der Waals surface area contributed by atoms with E-state index in [1.807, 2.05) is 0 Å². The van der Waals surface area contributed by atoms with Crippen LogP contribution in [0.3, 0.4) is 0 Å². The van der Waals surface area contributed by atoms with Crippen molar-refractivity contribution < 1.29 is 27.9 Å². The summed E-state index contributed by atoms with van der Waals surface area (Å²) < 4.78 is 39.3. The average Bonchev–Trinajstić information content (AvgIpc) is 2.84. The Morgan fingerprint density at radius 3 is 2.50 bits per heavy atom. The number of hydrogen-bond donors (Lipinski definition) is 2. The van der Waals surface area contributed by atoms with E-state index >= 15 is 0 Å². The highest BCUT2D eigenvalue weighted by molar-refractivity contribution is 5.95. The second-order valence-corrected chi connectivity index (χ2v) is 4.68. The number of hydrogen-bond acceptors (Lipinski definition) is 2. The second kappa shape index (κ2) is 5.52. The van der Waals surface area contributed by atoms with Crippen LogP contribution in [0.5, 0.6) is 0 Å². The van der Waals surface area contributed by atoms with Crippen LogP contribution in [-0.2, 0) is 4.79 Å². The van der Waals surface area contributed by atoms with Gasteiger partial charge in [-0.15, -0.1) is 0 Å². The van der Waals surface area contributed by atoms with Gasteiger partial charge >= 0.3 is 5.97 Å². The maximum atomic E-state index is 13.5. The van der Waals surface area contributed by atoms with Crippen LogP contribution >= 0.6 is 0 Å². The molecule has 2 unspecified atom stereocenters. The largest absolute Gasteiger partial charge is 0.481 e. The Kier molecular flexibility index (Phi) is 3.96. The van der Waals surface area contributed by atoms with Crippen molar-refractivity contribution in [2.75, 3.05) is 0 Å². The Bertz CT molecular complexity index is 562. The number of aliphatic carboxylic acids is 1. The van der Waals surface area contributed by atoms with Crippen LogP contribution in [0, 0.1) is 23.4 Å². The van der Waals surface area contributed by atoms with Crippen molar-refractivity contribution >= 4 is 11.9 Å². The number of carbonyl (C=O) groups is 2. The molecule has 0 aromatic heterocycles. The third kappa shape index (κ3) is 2.61. The predicted molar refractivity (Wildman–Crippen MR) is 62.5 cm³/mol. The van der Waals surface area contributed by atoms with Gasteiger partial charge in [0, 0.05) is 6.04 Å². The molecule has 20 heavy (non-hydrogen) atoms. The lowest BCUT2D eigenvalue weighted by Crippen LogP contribution is -2.40. The fourth-order valence-electron chi connectivity index (χ4n) is 2.38. The molecule has 1 aliphatic carbocycles. The van der Waals surface area contributed by atoms with Crippen LogP contribution in [0.15, 0.2) is 12.1 Å². The molecule has 7 heteroatoms. The van der Waals surface area contributed by atoms with E-state index < -0.39 is 46.9 Å². The molecule has 2 N–H and O–H groups in total. The van der Waals surface area contributed by atoms with E-state index in [0.717, 1.165) is 6.07 Å². The van der Waals surface area contributed by atoms with Crippen LogP contribution in [0.2, 0.25) is 0 Å². The first-order valence-electron chi connectivity index (χ1n) is 6.09. The summed E-state index contributed by atoms with van der Waals surface area (Å²) in [7, 11) is 0. The van der Waals surface area contributed by atoms with E-state index in [4.69, 9.17) is 5.11 Å². The van der Waals surface area contributed by atoms with Gasteiger partial charge in [0.1, 0.15) is 0 Å². The molecule has 1 aliphatic rings. The monoisotopic (exact) mass is 287 g/mol. The standard InChI is InChI=1S/C13H12F3NO3/c14-8-5-4-7(10(15)11(8)16)12(18)17-9-3-1-2-6(9)13(19)20/h4-6,9H,1-3H2,(H,17,18)(H,19,20). The Hall–Kier alpha value is -2.05. The zero-order chi connectivity index (χ0) is 14.9. The summed E-state index contributed by atoms with van der Waals surface area (Å²) in [4.78, 5) is 22.8. The molecule has 108 valence electrons. The molecule has 1 saturated carbocycles. The predicted octanol–water partition coefficient (Wildman–Crippen LogP) is 2.09. The highest BCUT2D eigenvalue weighted by Gasteiger charge is 2.34. The minimum absolute atomic E-state index is 0.417. The Balaban J connectivity index is 2.17. The maximum absolute atomic E-state index is 13.5. The third-order valence-electron chi connectivity index (χ3n) is 3.43. The van der Waals surface area contributed by atoms with Gasteiger partial charge in [-0.3, -0.25) is 9.59 Å². The summed E-state index contributed by atoms with van der Waals surface area (Å²) in [5.41, 5.74) is -0.639. The summed E-state index contributed by atoms with van der Waals surface area (Å²) >= 11 is 0. The molecule has 1 aromatic carbocycles. The van der Waals surface area contributed by atoms with Crippen molar-refractivity contribution in [1.82, 2.24) is 5.32 Å². The highest BCUT2D eigenvalue weighted by Crippen LogP contribution is 2.26. The first-order valence-corrected chi connectivity index (χ1v) is 6.09. The summed E-state index contributed by atoms with van der Waals surface area (Å²) in [6.07, 6.45) is 1.50. The van der Waals surface area contributed by atoms with Crippen molar-refractivity contribution in [2.24, 2.45) is 5.92 Å². The topological polar surface area (TPSA) is 66.4 Å². The molecule has 0 spiro atoms. The quantitative estimate of drug-likeness (QED) is 0.836. The van der Waals surface area contributed by atoms with E-state index in [1.165, 1.54) is 0 Å². The van der Waals surface area contributed by atoms with Crippen molar-refractivity contribution in [3.05, 3.63) is 35.1 Å². The fourth-order valence-corrected chi connectivity index (χ4v) is 2.38. The fraction of sp³-hybridized carbons (Fsp3) is 0.385. The maximum Gasteiger partial charge on any atom is 0.308 e. The molecule has 1 fully saturated rings. The molecule has 0 bridgehead atoms. The lowest BCUT2D eigenvalue weighted by molar-refractivity contribution is -0.142. The number of carboxylic acids is 1. The van der Waals surface area contributed by atoms with E-state index in [9.17, 15) is 22.8 Å². The molecule has 2 rings (SSSR count). The summed E-state index contributed by atoms with van der Waals surface area (Å²) in [6, 6.07) is 0.845. The number of carboxylic acid groups (broad SMARTS) is 1. The minimum atomic E-state index is -1.72. The smallest absolute Gasteiger partial charge is 0.308 e. The number of rotatable bonds is 3. The van der Waals surface area contributed by atoms with E-state index in [2.05, 4.69) is 5.32 Å². The van der Waals surface area contributed by atoms with E-state index in [1.54, 1.807) is 0 Å². The molecule has 4 nitrogen and oxygen atoms in total. The van der Waals surface area contributed by atoms with Gasteiger partial charge in [-0.2, -0.15) is 0 Å². The Morgan fingerprint density at radius 1 is 1.15 bits per heavy atom. The van der Waals surface area contributed by atoms with Gasteiger partial charge in [-0.05, 0) is 25.0 Å². The molecule has 0 radical (unpaired) electrons. The van der Waals surface area contributed by atoms with E-state index in [-0.39, 0.29) is 0 Å². The SMILES string of the molecule is O=C(NC1CCCC1C(=O)O)c1ccc(F)c(F)c1F. The number of halogens is 3. The number of carbonyl (C=O) groups excluding carboxylic acids is 1. The van der Waals surface area contributed by atoms with E-state index in [0.29, 0.717) is 25.3 Å². The molecule has 2 atom stereocenters. The van der Waals surface area contributed by atoms with Gasteiger partial charge in [0.2, 0.25) is 0 Å². The molecular formula is C13H12F3NO3. The molecule has 0 heterocycles. The molecule has 1 amide bonds. The van der Waals surface area contributed by atoms with Gasteiger partial charge in [0.15, 0.2) is 17.5 Å². The van der Waals surface area contributed by atoms with Crippen LogP contribution in [0.1, 0.15) is 29.6 Å². The highest BCUT2D eigenvalue weighted by atomic mass is 19.2. The number of nitrogens with one attached hydrogen (secondary N) is 1. The van der Waals surface area contributed by atoms with Crippen molar-refractivity contribution in [2.45, 2.75) is 25.3 Å². The van der Waals surface area contributed by atoms with Crippen LogP contribution in [0.25, 0.3) is 0 Å². The minimum Gasteiger partial charge on any atom is -0.481 e. The third-order valence-corrected chi connectivity index (χ3v) is 3.43. The zero-order valence-corrected chi connectivity index (χ0v) is 10.3. The normalized spacial score (nSPS) is 21.8. The second-order valence-electron chi connectivity index (χ2n) is 4.68. The first-order chi connectivity index (χ1) is 9.41. The van der Waals surface area contributed by atoms with Crippen molar-refractivity contribution in [1.29, 1.82) is 0 Å². The summed E-state index contributed by atoms with van der Waals surface area (Å²) in [5, 5.41) is 11.3. The lowest BCUT2D eigenvalue weighted by atomic mass is 10.0. The first kappa shape index (κ1) is 14.4. The van der Waals surface area contributed by atoms with Gasteiger partial charge in [-0.25, -0.2) is 13.2 Å². The van der Waals surface area contributed by atoms with Crippen LogP contribution in [0.4, 0.5) is 13.2 Å². The van der Waals surface area contributed by atoms with Gasteiger partial charge in [-0.1, -0.05) is 6.42 Å². The molecule has 0 saturated heterocycles. The Labute approximate surface area is 112 Å². The average molecular weight is 287 g/mol. The van der Waals surface area contributed by atoms with Crippen molar-refractivity contribution in [3.63, 3.8) is 0 Å². The molecule has 1 aromatic rings.